The highest BCUT2D eigenvalue weighted by molar-refractivity contribution is 6.35. The van der Waals surface area contributed by atoms with Gasteiger partial charge in [0.25, 0.3) is 0 Å². The normalized spacial score (nSPS) is 16.1. The van der Waals surface area contributed by atoms with Crippen molar-refractivity contribution in [1.82, 2.24) is 10.2 Å². The Morgan fingerprint density at radius 3 is 2.36 bits per heavy atom. The molecule has 1 saturated heterocycles. The largest absolute Gasteiger partial charge is 0.348 e. The Kier molecular flexibility index (Phi) is 3.92. The van der Waals surface area contributed by atoms with Gasteiger partial charge in [-0.05, 0) is 18.8 Å². The van der Waals surface area contributed by atoms with Gasteiger partial charge in [-0.1, -0.05) is 13.8 Å². The van der Waals surface area contributed by atoms with E-state index in [0.717, 1.165) is 25.9 Å². The first-order chi connectivity index (χ1) is 6.61. The van der Waals surface area contributed by atoms with Crippen molar-refractivity contribution in [3.8, 4) is 0 Å². The number of hydrogen-bond acceptors (Lipinski definition) is 2. The average molecular weight is 198 g/mol. The van der Waals surface area contributed by atoms with Crippen molar-refractivity contribution in [2.45, 2.75) is 26.7 Å². The molecule has 4 nitrogen and oxygen atoms in total. The Morgan fingerprint density at radius 2 is 1.86 bits per heavy atom. The van der Waals surface area contributed by atoms with Gasteiger partial charge in [-0.2, -0.15) is 0 Å². The zero-order chi connectivity index (χ0) is 10.6. The summed E-state index contributed by atoms with van der Waals surface area (Å²) in [6.45, 7) is 6.03. The minimum absolute atomic E-state index is 0.372. The molecule has 0 radical (unpaired) electrons. The summed E-state index contributed by atoms with van der Waals surface area (Å²) in [5.74, 6) is -0.450. The molecule has 1 heterocycles. The quantitative estimate of drug-likeness (QED) is 0.652. The van der Waals surface area contributed by atoms with Crippen LogP contribution in [0.2, 0.25) is 0 Å². The fourth-order valence-electron chi connectivity index (χ4n) is 1.44. The van der Waals surface area contributed by atoms with Crippen molar-refractivity contribution >= 4 is 11.8 Å². The molecule has 0 aliphatic carbocycles. The molecule has 0 atom stereocenters. The minimum Gasteiger partial charge on any atom is -0.348 e. The zero-order valence-corrected chi connectivity index (χ0v) is 8.88. The molecule has 1 aliphatic heterocycles. The highest BCUT2D eigenvalue weighted by Gasteiger charge is 2.23. The molecule has 1 fully saturated rings. The van der Waals surface area contributed by atoms with Gasteiger partial charge >= 0.3 is 11.8 Å². The summed E-state index contributed by atoms with van der Waals surface area (Å²) < 4.78 is 0. The zero-order valence-electron chi connectivity index (χ0n) is 8.88. The van der Waals surface area contributed by atoms with Gasteiger partial charge in [0.2, 0.25) is 0 Å². The van der Waals surface area contributed by atoms with Crippen LogP contribution in [0.4, 0.5) is 0 Å². The predicted molar refractivity (Wildman–Crippen MR) is 53.7 cm³/mol. The van der Waals surface area contributed by atoms with Crippen molar-refractivity contribution in [2.75, 3.05) is 19.6 Å². The van der Waals surface area contributed by atoms with Gasteiger partial charge in [-0.3, -0.25) is 9.59 Å². The molecule has 2 amide bonds. The van der Waals surface area contributed by atoms with Crippen LogP contribution < -0.4 is 5.32 Å². The van der Waals surface area contributed by atoms with E-state index in [4.69, 9.17) is 0 Å². The Bertz CT molecular complexity index is 220. The fraction of sp³-hybridized carbons (Fsp3) is 0.800. The van der Waals surface area contributed by atoms with Gasteiger partial charge in [-0.25, -0.2) is 0 Å². The lowest BCUT2D eigenvalue weighted by atomic mass is 10.2. The van der Waals surface area contributed by atoms with Crippen molar-refractivity contribution in [2.24, 2.45) is 5.92 Å². The first-order valence-electron chi connectivity index (χ1n) is 5.18. The summed E-state index contributed by atoms with van der Waals surface area (Å²) in [5, 5.41) is 2.63. The maximum Gasteiger partial charge on any atom is 0.311 e. The summed E-state index contributed by atoms with van der Waals surface area (Å²) in [7, 11) is 0. The molecule has 0 aromatic carbocycles. The second-order valence-corrected chi connectivity index (χ2v) is 4.10. The Morgan fingerprint density at radius 1 is 1.29 bits per heavy atom. The third-order valence-electron chi connectivity index (χ3n) is 2.26. The van der Waals surface area contributed by atoms with Crippen LogP contribution in [-0.2, 0) is 9.59 Å². The van der Waals surface area contributed by atoms with E-state index in [1.807, 2.05) is 13.8 Å². The van der Waals surface area contributed by atoms with E-state index >= 15 is 0 Å². The number of amides is 2. The summed E-state index contributed by atoms with van der Waals surface area (Å²) in [4.78, 5) is 24.4. The Labute approximate surface area is 84.7 Å². The highest BCUT2D eigenvalue weighted by Crippen LogP contribution is 2.07. The third kappa shape index (κ3) is 3.01. The van der Waals surface area contributed by atoms with Crippen LogP contribution in [0.25, 0.3) is 0 Å². The number of nitrogens with one attached hydrogen (secondary N) is 1. The van der Waals surface area contributed by atoms with E-state index < -0.39 is 5.91 Å². The summed E-state index contributed by atoms with van der Waals surface area (Å²) >= 11 is 0. The molecule has 14 heavy (non-hydrogen) atoms. The number of rotatable bonds is 2. The second kappa shape index (κ2) is 4.98. The number of nitrogens with zero attached hydrogens (tertiary/aromatic N) is 1. The van der Waals surface area contributed by atoms with Gasteiger partial charge in [0, 0.05) is 19.6 Å². The molecule has 0 aromatic rings. The maximum atomic E-state index is 11.5. The number of carbonyl (C=O) groups is 2. The smallest absolute Gasteiger partial charge is 0.311 e. The van der Waals surface area contributed by atoms with Crippen LogP contribution in [0.15, 0.2) is 0 Å². The van der Waals surface area contributed by atoms with Gasteiger partial charge in [-0.15, -0.1) is 0 Å². The number of likely N-dealkylation sites (tertiary alicyclic amines) is 1. The molecule has 0 saturated carbocycles. The molecule has 1 N–H and O–H groups in total. The minimum atomic E-state index is -0.458. The molecule has 80 valence electrons. The molecule has 0 aromatic heterocycles. The lowest BCUT2D eigenvalue weighted by molar-refractivity contribution is -0.145. The Hall–Kier alpha value is -1.06. The summed E-state index contributed by atoms with van der Waals surface area (Å²) in [5.41, 5.74) is 0. The second-order valence-electron chi connectivity index (χ2n) is 4.10. The molecule has 0 unspecified atom stereocenters. The molecule has 1 aliphatic rings. The van der Waals surface area contributed by atoms with Gasteiger partial charge in [0.1, 0.15) is 0 Å². The molecule has 0 spiro atoms. The van der Waals surface area contributed by atoms with Gasteiger partial charge in [0.15, 0.2) is 0 Å². The van der Waals surface area contributed by atoms with Crippen LogP contribution >= 0.6 is 0 Å². The summed E-state index contributed by atoms with van der Waals surface area (Å²) in [6.07, 6.45) is 2.03. The predicted octanol–water partition coefficient (Wildman–Crippen LogP) is 0.381. The van der Waals surface area contributed by atoms with Crippen molar-refractivity contribution in [3.63, 3.8) is 0 Å². The van der Waals surface area contributed by atoms with E-state index in [0.29, 0.717) is 12.5 Å². The van der Waals surface area contributed by atoms with E-state index in [2.05, 4.69) is 5.32 Å². The van der Waals surface area contributed by atoms with Crippen molar-refractivity contribution in [3.05, 3.63) is 0 Å². The molecular formula is C10H18N2O2. The third-order valence-corrected chi connectivity index (χ3v) is 2.26. The first-order valence-corrected chi connectivity index (χ1v) is 5.18. The van der Waals surface area contributed by atoms with E-state index in [-0.39, 0.29) is 5.91 Å². The fourth-order valence-corrected chi connectivity index (χ4v) is 1.44. The van der Waals surface area contributed by atoms with Crippen LogP contribution in [0, 0.1) is 5.92 Å². The topological polar surface area (TPSA) is 49.4 Å². The van der Waals surface area contributed by atoms with Gasteiger partial charge < -0.3 is 10.2 Å². The standard InChI is InChI=1S/C10H18N2O2/c1-8(2)7-11-9(13)10(14)12-5-3-4-6-12/h8H,3-7H2,1-2H3,(H,11,13). The van der Waals surface area contributed by atoms with E-state index in [9.17, 15) is 9.59 Å². The monoisotopic (exact) mass is 198 g/mol. The van der Waals surface area contributed by atoms with Crippen LogP contribution in [-0.4, -0.2) is 36.3 Å². The molecule has 0 bridgehead atoms. The van der Waals surface area contributed by atoms with Crippen LogP contribution in [0.5, 0.6) is 0 Å². The van der Waals surface area contributed by atoms with Crippen LogP contribution in [0.3, 0.4) is 0 Å². The average Bonchev–Trinajstić information content (AvgIpc) is 2.65. The molecule has 1 rings (SSSR count). The molecule has 4 heteroatoms. The lowest BCUT2D eigenvalue weighted by Gasteiger charge is -2.15. The highest BCUT2D eigenvalue weighted by atomic mass is 16.2. The van der Waals surface area contributed by atoms with E-state index in [1.54, 1.807) is 4.90 Å². The molecular weight excluding hydrogens is 180 g/mol. The van der Waals surface area contributed by atoms with Crippen molar-refractivity contribution in [1.29, 1.82) is 0 Å². The lowest BCUT2D eigenvalue weighted by Crippen LogP contribution is -2.42. The number of hydrogen-bond donors (Lipinski definition) is 1. The Balaban J connectivity index is 2.32. The summed E-state index contributed by atoms with van der Waals surface area (Å²) in [6, 6.07) is 0. The van der Waals surface area contributed by atoms with Crippen molar-refractivity contribution < 1.29 is 9.59 Å². The van der Waals surface area contributed by atoms with E-state index in [1.165, 1.54) is 0 Å². The number of carbonyl (C=O) groups excluding carboxylic acids is 2. The first kappa shape index (κ1) is 11.0. The van der Waals surface area contributed by atoms with Crippen LogP contribution in [0.1, 0.15) is 26.7 Å². The maximum absolute atomic E-state index is 11.5. The SMILES string of the molecule is CC(C)CNC(=O)C(=O)N1CCCC1. The van der Waals surface area contributed by atoms with Gasteiger partial charge in [0.05, 0.1) is 0 Å².